The summed E-state index contributed by atoms with van der Waals surface area (Å²) in [5.74, 6) is 0.471. The molecule has 3 rings (SSSR count). The zero-order valence-corrected chi connectivity index (χ0v) is 16.0. The van der Waals surface area contributed by atoms with Gasteiger partial charge in [0.1, 0.15) is 5.82 Å². The van der Waals surface area contributed by atoms with Crippen LogP contribution in [0.25, 0.3) is 11.1 Å². The van der Waals surface area contributed by atoms with Crippen molar-refractivity contribution < 1.29 is 4.79 Å². The van der Waals surface area contributed by atoms with Crippen LogP contribution in [0.15, 0.2) is 66.9 Å². The van der Waals surface area contributed by atoms with Crippen LogP contribution < -0.4 is 5.32 Å². The maximum atomic E-state index is 12.2. The summed E-state index contributed by atoms with van der Waals surface area (Å²) in [6.45, 7) is 2.88. The van der Waals surface area contributed by atoms with Crippen molar-refractivity contribution in [3.63, 3.8) is 0 Å². The minimum atomic E-state index is -0.0971. The Morgan fingerprint density at radius 3 is 2.61 bits per heavy atom. The number of hydrogen-bond acceptors (Lipinski definition) is 4. The van der Waals surface area contributed by atoms with E-state index in [0.29, 0.717) is 17.9 Å². The number of nitriles is 1. The molecule has 0 spiro atoms. The molecule has 2 aromatic carbocycles. The van der Waals surface area contributed by atoms with Crippen LogP contribution in [0, 0.1) is 18.3 Å². The summed E-state index contributed by atoms with van der Waals surface area (Å²) >= 11 is 0. The monoisotopic (exact) mass is 370 g/mol. The quantitative estimate of drug-likeness (QED) is 0.712. The molecule has 1 N–H and O–H groups in total. The molecule has 0 radical (unpaired) electrons. The van der Waals surface area contributed by atoms with Crippen LogP contribution in [0.3, 0.4) is 0 Å². The molecule has 5 heteroatoms. The second-order valence-electron chi connectivity index (χ2n) is 6.79. The first-order valence-corrected chi connectivity index (χ1v) is 9.04. The molecule has 0 saturated heterocycles. The molecule has 0 saturated carbocycles. The second kappa shape index (κ2) is 8.94. The van der Waals surface area contributed by atoms with Crippen LogP contribution in [0.1, 0.15) is 16.7 Å². The fourth-order valence-corrected chi connectivity index (χ4v) is 3.02. The van der Waals surface area contributed by atoms with Crippen LogP contribution >= 0.6 is 0 Å². The summed E-state index contributed by atoms with van der Waals surface area (Å²) in [4.78, 5) is 18.3. The van der Waals surface area contributed by atoms with Crippen molar-refractivity contribution in [2.24, 2.45) is 0 Å². The fourth-order valence-electron chi connectivity index (χ4n) is 3.02. The van der Waals surface area contributed by atoms with E-state index < -0.39 is 0 Å². The Morgan fingerprint density at radius 1 is 1.14 bits per heavy atom. The minimum absolute atomic E-state index is 0.0971. The number of aryl methyl sites for hydroxylation is 1. The fraction of sp³-hybridized carbons (Fsp3) is 0.174. The highest BCUT2D eigenvalue weighted by molar-refractivity contribution is 5.91. The summed E-state index contributed by atoms with van der Waals surface area (Å²) in [6, 6.07) is 21.6. The standard InChI is InChI=1S/C23H22N4O/c1-17-11-12-25-22(13-17)26-23(28)16-27(2)15-18-7-9-19(10-8-18)21-6-4-3-5-20(21)14-24/h3-13H,15-16H2,1-2H3,(H,25,26,28). The molecule has 0 aliphatic carbocycles. The number of aromatic nitrogens is 1. The smallest absolute Gasteiger partial charge is 0.239 e. The molecule has 0 aliphatic rings. The number of anilines is 1. The zero-order valence-electron chi connectivity index (χ0n) is 16.0. The van der Waals surface area contributed by atoms with Crippen molar-refractivity contribution in [2.75, 3.05) is 18.9 Å². The number of carbonyl (C=O) groups excluding carboxylic acids is 1. The van der Waals surface area contributed by atoms with Crippen LogP contribution in [0.4, 0.5) is 5.82 Å². The van der Waals surface area contributed by atoms with E-state index in [4.69, 9.17) is 0 Å². The van der Waals surface area contributed by atoms with Crippen molar-refractivity contribution >= 4 is 11.7 Å². The van der Waals surface area contributed by atoms with E-state index in [-0.39, 0.29) is 12.5 Å². The maximum Gasteiger partial charge on any atom is 0.239 e. The van der Waals surface area contributed by atoms with E-state index in [1.54, 1.807) is 6.20 Å². The molecule has 0 fully saturated rings. The molecule has 3 aromatic rings. The minimum Gasteiger partial charge on any atom is -0.310 e. The lowest BCUT2D eigenvalue weighted by Crippen LogP contribution is -2.30. The summed E-state index contributed by atoms with van der Waals surface area (Å²) in [5.41, 5.74) is 4.74. The average molecular weight is 370 g/mol. The van der Waals surface area contributed by atoms with Gasteiger partial charge in [-0.3, -0.25) is 9.69 Å². The molecule has 0 atom stereocenters. The molecule has 1 heterocycles. The number of rotatable bonds is 6. The molecule has 1 aromatic heterocycles. The summed E-state index contributed by atoms with van der Waals surface area (Å²) in [5, 5.41) is 12.1. The van der Waals surface area contributed by atoms with Gasteiger partial charge in [-0.05, 0) is 54.4 Å². The van der Waals surface area contributed by atoms with Gasteiger partial charge >= 0.3 is 0 Å². The van der Waals surface area contributed by atoms with Gasteiger partial charge in [0.05, 0.1) is 18.2 Å². The summed E-state index contributed by atoms with van der Waals surface area (Å²) in [6.07, 6.45) is 1.68. The molecule has 28 heavy (non-hydrogen) atoms. The Labute approximate surface area is 165 Å². The van der Waals surface area contributed by atoms with E-state index in [1.807, 2.05) is 79.5 Å². The van der Waals surface area contributed by atoms with E-state index in [0.717, 1.165) is 22.3 Å². The second-order valence-corrected chi connectivity index (χ2v) is 6.79. The van der Waals surface area contributed by atoms with Gasteiger partial charge in [0.15, 0.2) is 0 Å². The molecule has 0 unspecified atom stereocenters. The van der Waals surface area contributed by atoms with Gasteiger partial charge in [0.2, 0.25) is 5.91 Å². The number of benzene rings is 2. The van der Waals surface area contributed by atoms with Crippen molar-refractivity contribution in [3.05, 3.63) is 83.6 Å². The molecule has 1 amide bonds. The number of likely N-dealkylation sites (N-methyl/N-ethyl adjacent to an activating group) is 1. The number of carbonyl (C=O) groups is 1. The third-order valence-electron chi connectivity index (χ3n) is 4.36. The van der Waals surface area contributed by atoms with Crippen LogP contribution in [0.2, 0.25) is 0 Å². The number of nitrogens with one attached hydrogen (secondary N) is 1. The van der Waals surface area contributed by atoms with Gasteiger partial charge in [-0.15, -0.1) is 0 Å². The van der Waals surface area contributed by atoms with Gasteiger partial charge < -0.3 is 5.32 Å². The Morgan fingerprint density at radius 2 is 1.89 bits per heavy atom. The molecular formula is C23H22N4O. The normalized spacial score (nSPS) is 10.5. The first kappa shape index (κ1) is 19.3. The Bertz CT molecular complexity index is 1010. The SMILES string of the molecule is Cc1ccnc(NC(=O)CN(C)Cc2ccc(-c3ccccc3C#N)cc2)c1. The van der Waals surface area contributed by atoms with Gasteiger partial charge in [0, 0.05) is 12.7 Å². The lowest BCUT2D eigenvalue weighted by atomic mass is 9.99. The van der Waals surface area contributed by atoms with Gasteiger partial charge in [-0.1, -0.05) is 42.5 Å². The van der Waals surface area contributed by atoms with Crippen molar-refractivity contribution in [1.82, 2.24) is 9.88 Å². The predicted molar refractivity (Wildman–Crippen MR) is 111 cm³/mol. The molecule has 140 valence electrons. The summed E-state index contributed by atoms with van der Waals surface area (Å²) in [7, 11) is 1.90. The molecule has 0 aliphatic heterocycles. The van der Waals surface area contributed by atoms with Gasteiger partial charge in [-0.2, -0.15) is 5.26 Å². The van der Waals surface area contributed by atoms with Gasteiger partial charge in [-0.25, -0.2) is 4.98 Å². The lowest BCUT2D eigenvalue weighted by molar-refractivity contribution is -0.117. The van der Waals surface area contributed by atoms with Crippen LogP contribution in [-0.4, -0.2) is 29.4 Å². The van der Waals surface area contributed by atoms with E-state index in [1.165, 1.54) is 0 Å². The first-order valence-electron chi connectivity index (χ1n) is 9.04. The predicted octanol–water partition coefficient (Wildman–Crippen LogP) is 4.00. The Kier molecular flexibility index (Phi) is 6.15. The molecule has 0 bridgehead atoms. The van der Waals surface area contributed by atoms with Crippen molar-refractivity contribution in [2.45, 2.75) is 13.5 Å². The zero-order chi connectivity index (χ0) is 19.9. The molecular weight excluding hydrogens is 348 g/mol. The number of hydrogen-bond donors (Lipinski definition) is 1. The Hall–Kier alpha value is -3.49. The van der Waals surface area contributed by atoms with E-state index in [2.05, 4.69) is 16.4 Å². The third kappa shape index (κ3) is 5.03. The third-order valence-corrected chi connectivity index (χ3v) is 4.36. The largest absolute Gasteiger partial charge is 0.310 e. The van der Waals surface area contributed by atoms with Crippen molar-refractivity contribution in [3.8, 4) is 17.2 Å². The first-order chi connectivity index (χ1) is 13.5. The topological polar surface area (TPSA) is 69.0 Å². The van der Waals surface area contributed by atoms with Crippen molar-refractivity contribution in [1.29, 1.82) is 5.26 Å². The highest BCUT2D eigenvalue weighted by Gasteiger charge is 2.09. The number of pyridine rings is 1. The lowest BCUT2D eigenvalue weighted by Gasteiger charge is -2.16. The maximum absolute atomic E-state index is 12.2. The number of nitrogens with zero attached hydrogens (tertiary/aromatic N) is 3. The van der Waals surface area contributed by atoms with Gasteiger partial charge in [0.25, 0.3) is 0 Å². The summed E-state index contributed by atoms with van der Waals surface area (Å²) < 4.78 is 0. The molecule has 5 nitrogen and oxygen atoms in total. The highest BCUT2D eigenvalue weighted by atomic mass is 16.2. The van der Waals surface area contributed by atoms with Crippen LogP contribution in [0.5, 0.6) is 0 Å². The highest BCUT2D eigenvalue weighted by Crippen LogP contribution is 2.23. The van der Waals surface area contributed by atoms with Crippen LogP contribution in [-0.2, 0) is 11.3 Å². The van der Waals surface area contributed by atoms with E-state index in [9.17, 15) is 10.1 Å². The van der Waals surface area contributed by atoms with E-state index >= 15 is 0 Å². The number of amides is 1. The average Bonchev–Trinajstić information content (AvgIpc) is 2.68. The Balaban J connectivity index is 1.59.